The van der Waals surface area contributed by atoms with Crippen molar-refractivity contribution < 1.29 is 9.53 Å². The maximum atomic E-state index is 12.7. The molecule has 4 rings (SSSR count). The molecule has 2 heterocycles. The molecule has 0 aliphatic rings. The Morgan fingerprint density at radius 3 is 2.89 bits per heavy atom. The van der Waals surface area contributed by atoms with Crippen molar-refractivity contribution in [1.82, 2.24) is 19.8 Å². The smallest absolute Gasteiger partial charge is 0.256 e. The Morgan fingerprint density at radius 2 is 2.04 bits per heavy atom. The number of ether oxygens (including phenoxy) is 1. The molecule has 0 radical (unpaired) electrons. The zero-order chi connectivity index (χ0) is 18.8. The van der Waals surface area contributed by atoms with Gasteiger partial charge in [0.25, 0.3) is 5.91 Å². The van der Waals surface area contributed by atoms with Crippen molar-refractivity contribution in [3.8, 4) is 17.0 Å². The summed E-state index contributed by atoms with van der Waals surface area (Å²) < 4.78 is 7.49. The molecule has 0 atom stereocenters. The molecule has 7 nitrogen and oxygen atoms in total. The second-order valence-corrected chi connectivity index (χ2v) is 6.59. The molecule has 0 saturated carbocycles. The van der Waals surface area contributed by atoms with Crippen molar-refractivity contribution >= 4 is 33.2 Å². The van der Waals surface area contributed by atoms with Crippen LogP contribution in [0.4, 0.5) is 5.69 Å². The van der Waals surface area contributed by atoms with Crippen LogP contribution in [0.15, 0.2) is 65.4 Å². The van der Waals surface area contributed by atoms with Gasteiger partial charge in [0.2, 0.25) is 0 Å². The molecule has 0 fully saturated rings. The van der Waals surface area contributed by atoms with Crippen LogP contribution >= 0.6 is 15.9 Å². The number of amides is 1. The third-order valence-electron chi connectivity index (χ3n) is 4.00. The number of benzene rings is 2. The van der Waals surface area contributed by atoms with Gasteiger partial charge in [0.05, 0.1) is 18.4 Å². The van der Waals surface area contributed by atoms with E-state index < -0.39 is 0 Å². The lowest BCUT2D eigenvalue weighted by Crippen LogP contribution is -2.12. The monoisotopic (exact) mass is 423 g/mol. The summed E-state index contributed by atoms with van der Waals surface area (Å²) in [4.78, 5) is 12.7. The summed E-state index contributed by atoms with van der Waals surface area (Å²) in [5.74, 6) is 0.378. The van der Waals surface area contributed by atoms with Gasteiger partial charge in [-0.25, -0.2) is 0 Å². The Hall–Kier alpha value is -3.26. The van der Waals surface area contributed by atoms with Gasteiger partial charge in [-0.3, -0.25) is 4.79 Å². The fourth-order valence-corrected chi connectivity index (χ4v) is 3.07. The van der Waals surface area contributed by atoms with Gasteiger partial charge in [0.15, 0.2) is 5.65 Å². The van der Waals surface area contributed by atoms with Crippen LogP contribution in [0.2, 0.25) is 0 Å². The van der Waals surface area contributed by atoms with E-state index in [2.05, 4.69) is 36.5 Å². The van der Waals surface area contributed by atoms with Crippen LogP contribution < -0.4 is 10.1 Å². The van der Waals surface area contributed by atoms with E-state index in [-0.39, 0.29) is 5.91 Å². The SMILES string of the molecule is COc1ccc(Br)c(C(=O)Nc2cccc(-c3ccc4nncn4n3)c2)c1. The summed E-state index contributed by atoms with van der Waals surface area (Å²) in [5, 5.41) is 15.2. The predicted molar refractivity (Wildman–Crippen MR) is 105 cm³/mol. The summed E-state index contributed by atoms with van der Waals surface area (Å²) in [6.07, 6.45) is 1.55. The number of methoxy groups -OCH3 is 1. The number of hydrogen-bond acceptors (Lipinski definition) is 5. The van der Waals surface area contributed by atoms with Crippen molar-refractivity contribution in [2.45, 2.75) is 0 Å². The third kappa shape index (κ3) is 3.52. The highest BCUT2D eigenvalue weighted by molar-refractivity contribution is 9.10. The first-order valence-electron chi connectivity index (χ1n) is 8.06. The normalized spacial score (nSPS) is 10.7. The van der Waals surface area contributed by atoms with Crippen LogP contribution in [0.25, 0.3) is 16.9 Å². The Bertz CT molecular complexity index is 1140. The largest absolute Gasteiger partial charge is 0.497 e. The number of anilines is 1. The van der Waals surface area contributed by atoms with Gasteiger partial charge in [-0.15, -0.1) is 10.2 Å². The molecule has 1 N–H and O–H groups in total. The summed E-state index contributed by atoms with van der Waals surface area (Å²) in [6.45, 7) is 0. The average molecular weight is 424 g/mol. The van der Waals surface area contributed by atoms with Crippen LogP contribution in [-0.2, 0) is 0 Å². The van der Waals surface area contributed by atoms with E-state index in [9.17, 15) is 4.79 Å². The number of carbonyl (C=O) groups excluding carboxylic acids is 1. The number of carbonyl (C=O) groups is 1. The molecule has 1 amide bonds. The summed E-state index contributed by atoms with van der Waals surface area (Å²) in [5.41, 5.74) is 3.45. The van der Waals surface area contributed by atoms with E-state index in [1.807, 2.05) is 36.4 Å². The molecule has 0 bridgehead atoms. The number of nitrogens with zero attached hydrogens (tertiary/aromatic N) is 4. The summed E-state index contributed by atoms with van der Waals surface area (Å²) in [6, 6.07) is 16.4. The zero-order valence-corrected chi connectivity index (χ0v) is 15.8. The number of hydrogen-bond donors (Lipinski definition) is 1. The highest BCUT2D eigenvalue weighted by Gasteiger charge is 2.12. The lowest BCUT2D eigenvalue weighted by Gasteiger charge is -2.10. The first kappa shape index (κ1) is 17.2. The van der Waals surface area contributed by atoms with Crippen molar-refractivity contribution in [1.29, 1.82) is 0 Å². The summed E-state index contributed by atoms with van der Waals surface area (Å²) >= 11 is 3.40. The molecule has 27 heavy (non-hydrogen) atoms. The van der Waals surface area contributed by atoms with Crippen molar-refractivity contribution in [2.75, 3.05) is 12.4 Å². The van der Waals surface area contributed by atoms with Crippen LogP contribution in [0, 0.1) is 0 Å². The first-order chi connectivity index (χ1) is 13.1. The average Bonchev–Trinajstić information content (AvgIpc) is 3.16. The van der Waals surface area contributed by atoms with Gasteiger partial charge in [-0.05, 0) is 58.4 Å². The topological polar surface area (TPSA) is 81.4 Å². The predicted octanol–water partition coefficient (Wildman–Crippen LogP) is 3.81. The molecule has 0 aliphatic carbocycles. The van der Waals surface area contributed by atoms with Gasteiger partial charge in [-0.2, -0.15) is 9.61 Å². The van der Waals surface area contributed by atoms with E-state index in [1.54, 1.807) is 36.2 Å². The molecular formula is C19H14BrN5O2. The highest BCUT2D eigenvalue weighted by Crippen LogP contribution is 2.25. The molecule has 8 heteroatoms. The maximum Gasteiger partial charge on any atom is 0.256 e. The van der Waals surface area contributed by atoms with Gasteiger partial charge in [0.1, 0.15) is 12.1 Å². The zero-order valence-electron chi connectivity index (χ0n) is 14.3. The van der Waals surface area contributed by atoms with Crippen molar-refractivity contribution in [3.63, 3.8) is 0 Å². The number of fused-ring (bicyclic) bond motifs is 1. The molecule has 0 spiro atoms. The molecule has 2 aromatic carbocycles. The highest BCUT2D eigenvalue weighted by atomic mass is 79.9. The van der Waals surface area contributed by atoms with Gasteiger partial charge in [-0.1, -0.05) is 12.1 Å². The van der Waals surface area contributed by atoms with Gasteiger partial charge in [0, 0.05) is 15.7 Å². The fraction of sp³-hybridized carbons (Fsp3) is 0.0526. The number of aromatic nitrogens is 4. The second kappa shape index (κ2) is 7.16. The fourth-order valence-electron chi connectivity index (χ4n) is 2.64. The molecule has 4 aromatic rings. The van der Waals surface area contributed by atoms with Crippen LogP contribution in [-0.4, -0.2) is 32.8 Å². The van der Waals surface area contributed by atoms with Crippen LogP contribution in [0.3, 0.4) is 0 Å². The molecule has 2 aromatic heterocycles. The summed E-state index contributed by atoms with van der Waals surface area (Å²) in [7, 11) is 1.56. The quantitative estimate of drug-likeness (QED) is 0.539. The molecular weight excluding hydrogens is 410 g/mol. The molecule has 0 aliphatic heterocycles. The minimum Gasteiger partial charge on any atom is -0.497 e. The van der Waals surface area contributed by atoms with E-state index in [0.717, 1.165) is 11.3 Å². The number of rotatable bonds is 4. The van der Waals surface area contributed by atoms with E-state index in [1.165, 1.54) is 0 Å². The molecule has 134 valence electrons. The van der Waals surface area contributed by atoms with Crippen LogP contribution in [0.5, 0.6) is 5.75 Å². The Balaban J connectivity index is 1.62. The lowest BCUT2D eigenvalue weighted by molar-refractivity contribution is 0.102. The van der Waals surface area contributed by atoms with Crippen LogP contribution in [0.1, 0.15) is 10.4 Å². The van der Waals surface area contributed by atoms with Crippen molar-refractivity contribution in [3.05, 3.63) is 71.0 Å². The Labute approximate surface area is 163 Å². The number of nitrogens with one attached hydrogen (secondary N) is 1. The third-order valence-corrected chi connectivity index (χ3v) is 4.69. The van der Waals surface area contributed by atoms with Gasteiger partial charge < -0.3 is 10.1 Å². The Kier molecular flexibility index (Phi) is 4.55. The van der Waals surface area contributed by atoms with E-state index in [4.69, 9.17) is 4.74 Å². The van der Waals surface area contributed by atoms with Gasteiger partial charge >= 0.3 is 0 Å². The minimum atomic E-state index is -0.236. The van der Waals surface area contributed by atoms with Crippen molar-refractivity contribution in [2.24, 2.45) is 0 Å². The second-order valence-electron chi connectivity index (χ2n) is 5.73. The first-order valence-corrected chi connectivity index (χ1v) is 8.86. The molecule has 0 saturated heterocycles. The maximum absolute atomic E-state index is 12.7. The Morgan fingerprint density at radius 1 is 1.15 bits per heavy atom. The number of halogens is 1. The minimum absolute atomic E-state index is 0.236. The lowest BCUT2D eigenvalue weighted by atomic mass is 10.1. The van der Waals surface area contributed by atoms with E-state index in [0.29, 0.717) is 27.1 Å². The standard InChI is InChI=1S/C19H14BrN5O2/c1-27-14-5-6-16(20)15(10-14)19(26)22-13-4-2-3-12(9-13)17-7-8-18-23-21-11-25(18)24-17/h2-11H,1H3,(H,22,26). The van der Waals surface area contributed by atoms with E-state index >= 15 is 0 Å². The molecule has 0 unspecified atom stereocenters.